The zero-order chi connectivity index (χ0) is 16.6. The molecule has 11 heteroatoms. The first kappa shape index (κ1) is 15.7. The van der Waals surface area contributed by atoms with Crippen molar-refractivity contribution in [2.45, 2.75) is 23.9 Å². The summed E-state index contributed by atoms with van der Waals surface area (Å²) < 4.78 is 21.9. The van der Waals surface area contributed by atoms with Crippen LogP contribution in [0.3, 0.4) is 0 Å². The highest BCUT2D eigenvalue weighted by atomic mass is 31.1. The Morgan fingerprint density at radius 2 is 2.35 bits per heavy atom. The lowest BCUT2D eigenvalue weighted by Crippen LogP contribution is -2.41. The molecule has 1 aliphatic heterocycles. The van der Waals surface area contributed by atoms with E-state index in [1.807, 2.05) is 6.07 Å². The maximum absolute atomic E-state index is 10.4. The van der Waals surface area contributed by atoms with Gasteiger partial charge in [-0.25, -0.2) is 14.1 Å². The average Bonchev–Trinajstić information content (AvgIpc) is 3.09. The molecule has 10 nitrogen and oxygen atoms in total. The first-order valence-electron chi connectivity index (χ1n) is 6.53. The van der Waals surface area contributed by atoms with Gasteiger partial charge >= 0.3 is 8.69 Å². The molecule has 4 N–H and O–H groups in total. The van der Waals surface area contributed by atoms with Gasteiger partial charge in [-0.1, -0.05) is 0 Å². The van der Waals surface area contributed by atoms with E-state index >= 15 is 0 Å². The molecule has 2 aromatic rings. The molecule has 0 bridgehead atoms. The van der Waals surface area contributed by atoms with E-state index in [0.29, 0.717) is 5.52 Å². The van der Waals surface area contributed by atoms with Gasteiger partial charge in [-0.3, -0.25) is 4.52 Å². The maximum Gasteiger partial charge on any atom is 0.327 e. The first-order chi connectivity index (χ1) is 11.0. The van der Waals surface area contributed by atoms with Crippen LogP contribution in [0.25, 0.3) is 5.52 Å². The highest BCUT2D eigenvalue weighted by molar-refractivity contribution is 7.17. The number of ether oxygens (including phenoxy) is 1. The van der Waals surface area contributed by atoms with Crippen LogP contribution in [0, 0.1) is 11.3 Å². The predicted molar refractivity (Wildman–Crippen MR) is 75.1 cm³/mol. The van der Waals surface area contributed by atoms with Crippen LogP contribution < -0.4 is 5.73 Å². The van der Waals surface area contributed by atoms with E-state index in [9.17, 15) is 20.0 Å². The molecule has 120 valence electrons. The Kier molecular flexibility index (Phi) is 3.97. The minimum Gasteiger partial charge on any atom is -0.387 e. The van der Waals surface area contributed by atoms with Crippen LogP contribution in [-0.2, 0) is 19.4 Å². The Bertz CT molecular complexity index is 792. The molecule has 1 aliphatic rings. The van der Waals surface area contributed by atoms with Crippen molar-refractivity contribution in [3.63, 3.8) is 0 Å². The van der Waals surface area contributed by atoms with E-state index in [2.05, 4.69) is 14.6 Å². The Hall–Kier alpha value is -2.15. The molecule has 23 heavy (non-hydrogen) atoms. The second-order valence-electron chi connectivity index (χ2n) is 4.97. The van der Waals surface area contributed by atoms with Crippen molar-refractivity contribution >= 4 is 20.0 Å². The third-order valence-electron chi connectivity index (χ3n) is 3.78. The van der Waals surface area contributed by atoms with Crippen molar-refractivity contribution in [1.29, 1.82) is 5.26 Å². The van der Waals surface area contributed by atoms with Gasteiger partial charge in [0.05, 0.1) is 12.3 Å². The standard InChI is InChI=1S/C12H12N5O5P/c13-4-12(10(19)9(18)7(22-12)3-21-23-20)8-2-1-6-11(14)15-5-16-17(6)8/h1-2,5,7,9-10,18-19H,3H2,(H2,14,15,16)/t7-,9-,10-,12+/m1/s1. The van der Waals surface area contributed by atoms with E-state index in [0.717, 1.165) is 0 Å². The second kappa shape index (κ2) is 5.81. The molecule has 2 aromatic heterocycles. The van der Waals surface area contributed by atoms with Crippen LogP contribution in [-0.4, -0.2) is 49.7 Å². The number of rotatable bonds is 4. The van der Waals surface area contributed by atoms with E-state index in [1.165, 1.54) is 16.9 Å². The Morgan fingerprint density at radius 1 is 1.57 bits per heavy atom. The summed E-state index contributed by atoms with van der Waals surface area (Å²) in [4.78, 5) is 3.84. The molecular formula is C12H12N5O5P. The summed E-state index contributed by atoms with van der Waals surface area (Å²) in [5.41, 5.74) is 4.49. The molecule has 4 atom stereocenters. The summed E-state index contributed by atoms with van der Waals surface area (Å²) >= 11 is 0. The molecule has 3 rings (SSSR count). The van der Waals surface area contributed by atoms with E-state index in [1.54, 1.807) is 6.07 Å². The molecule has 0 aliphatic carbocycles. The highest BCUT2D eigenvalue weighted by Gasteiger charge is 2.57. The quantitative estimate of drug-likeness (QED) is 0.618. The summed E-state index contributed by atoms with van der Waals surface area (Å²) in [5.74, 6) is 0.192. The number of nitrogens with zero attached hydrogens (tertiary/aromatic N) is 4. The Morgan fingerprint density at radius 3 is 3.04 bits per heavy atom. The SMILES string of the molecule is N#C[C@@]1(c2ccc3c(N)ncnn23)O[C@H](COP=O)[C@@H](O)[C@H]1O. The summed E-state index contributed by atoms with van der Waals surface area (Å²) in [6, 6.07) is 4.97. The number of aliphatic hydroxyl groups excluding tert-OH is 2. The van der Waals surface area contributed by atoms with E-state index in [4.69, 9.17) is 10.5 Å². The molecule has 0 saturated carbocycles. The molecule has 0 spiro atoms. The number of nitrogen functional groups attached to an aromatic ring is 1. The lowest BCUT2D eigenvalue weighted by molar-refractivity contribution is -0.0601. The summed E-state index contributed by atoms with van der Waals surface area (Å²) in [6.45, 7) is -0.257. The number of aromatic nitrogens is 3. The number of fused-ring (bicyclic) bond motifs is 1. The molecule has 3 heterocycles. The lowest BCUT2D eigenvalue weighted by atomic mass is 9.92. The number of nitriles is 1. The van der Waals surface area contributed by atoms with Gasteiger partial charge in [-0.15, -0.1) is 0 Å². The average molecular weight is 337 g/mol. The number of anilines is 1. The Balaban J connectivity index is 2.09. The third-order valence-corrected chi connectivity index (χ3v) is 4.03. The van der Waals surface area contributed by atoms with Gasteiger partial charge in [0.1, 0.15) is 36.2 Å². The highest BCUT2D eigenvalue weighted by Crippen LogP contribution is 2.40. The minimum atomic E-state index is -1.87. The van der Waals surface area contributed by atoms with Gasteiger partial charge < -0.3 is 20.7 Å². The fourth-order valence-corrected chi connectivity index (χ4v) is 2.86. The van der Waals surface area contributed by atoms with Crippen molar-refractivity contribution in [3.05, 3.63) is 24.2 Å². The molecule has 0 unspecified atom stereocenters. The van der Waals surface area contributed by atoms with E-state index < -0.39 is 32.6 Å². The fraction of sp³-hybridized carbons (Fsp3) is 0.417. The molecule has 1 saturated heterocycles. The minimum absolute atomic E-state index is 0.192. The largest absolute Gasteiger partial charge is 0.387 e. The van der Waals surface area contributed by atoms with Crippen molar-refractivity contribution in [2.24, 2.45) is 0 Å². The molecule has 1 fully saturated rings. The number of hydrogen-bond donors (Lipinski definition) is 3. The number of hydrogen-bond acceptors (Lipinski definition) is 9. The van der Waals surface area contributed by atoms with Gasteiger partial charge in [0.25, 0.3) is 0 Å². The number of aliphatic hydroxyl groups is 2. The second-order valence-corrected chi connectivity index (χ2v) is 5.38. The van der Waals surface area contributed by atoms with Crippen LogP contribution in [0.15, 0.2) is 18.5 Å². The van der Waals surface area contributed by atoms with Crippen LogP contribution in [0.4, 0.5) is 5.82 Å². The predicted octanol–water partition coefficient (Wildman–Crippen LogP) is -0.626. The van der Waals surface area contributed by atoms with E-state index in [-0.39, 0.29) is 18.1 Å². The topological polar surface area (TPSA) is 156 Å². The van der Waals surface area contributed by atoms with Crippen molar-refractivity contribution < 1.29 is 24.0 Å². The van der Waals surface area contributed by atoms with Crippen LogP contribution in [0.2, 0.25) is 0 Å². The van der Waals surface area contributed by atoms with Crippen molar-refractivity contribution in [2.75, 3.05) is 12.3 Å². The van der Waals surface area contributed by atoms with Gasteiger partial charge in [-0.2, -0.15) is 10.4 Å². The van der Waals surface area contributed by atoms with Crippen molar-refractivity contribution in [3.8, 4) is 6.07 Å². The fourth-order valence-electron chi connectivity index (χ4n) is 2.65. The van der Waals surface area contributed by atoms with Gasteiger partial charge in [-0.05, 0) is 12.1 Å². The number of nitrogens with two attached hydrogens (primary N) is 1. The molecule has 0 aromatic carbocycles. The Labute approximate surface area is 131 Å². The van der Waals surface area contributed by atoms with Crippen LogP contribution in [0.1, 0.15) is 5.69 Å². The first-order valence-corrected chi connectivity index (χ1v) is 7.26. The molecular weight excluding hydrogens is 325 g/mol. The van der Waals surface area contributed by atoms with Crippen molar-refractivity contribution in [1.82, 2.24) is 14.6 Å². The third kappa shape index (κ3) is 2.26. The zero-order valence-electron chi connectivity index (χ0n) is 11.6. The zero-order valence-corrected chi connectivity index (χ0v) is 12.5. The molecule has 0 amide bonds. The summed E-state index contributed by atoms with van der Waals surface area (Å²) in [7, 11) is -0.595. The van der Waals surface area contributed by atoms with Gasteiger partial charge in [0, 0.05) is 0 Å². The molecule has 0 radical (unpaired) electrons. The normalized spacial score (nSPS) is 30.7. The lowest BCUT2D eigenvalue weighted by Gasteiger charge is -2.24. The monoisotopic (exact) mass is 337 g/mol. The van der Waals surface area contributed by atoms with Crippen LogP contribution in [0.5, 0.6) is 0 Å². The smallest absolute Gasteiger partial charge is 0.327 e. The summed E-state index contributed by atoms with van der Waals surface area (Å²) in [5, 5.41) is 34.1. The van der Waals surface area contributed by atoms with Gasteiger partial charge in [0.15, 0.2) is 5.82 Å². The maximum atomic E-state index is 10.4. The van der Waals surface area contributed by atoms with Crippen LogP contribution >= 0.6 is 8.69 Å². The summed E-state index contributed by atoms with van der Waals surface area (Å²) in [6.07, 6.45) is -2.79. The van der Waals surface area contributed by atoms with Gasteiger partial charge in [0.2, 0.25) is 5.60 Å².